The molecule has 140 valence electrons. The van der Waals surface area contributed by atoms with Crippen LogP contribution >= 0.6 is 0 Å². The number of carbonyl (C=O) groups is 1. The van der Waals surface area contributed by atoms with E-state index in [1.54, 1.807) is 26.0 Å². The maximum absolute atomic E-state index is 13.1. The zero-order valence-corrected chi connectivity index (χ0v) is 16.5. The smallest absolute Gasteiger partial charge is 0.267 e. The number of hydrogen-bond acceptors (Lipinski definition) is 4. The van der Waals surface area contributed by atoms with E-state index in [9.17, 15) is 13.2 Å². The van der Waals surface area contributed by atoms with Gasteiger partial charge in [0.2, 0.25) is 10.0 Å². The van der Waals surface area contributed by atoms with Gasteiger partial charge in [-0.2, -0.15) is 14.1 Å². The van der Waals surface area contributed by atoms with E-state index in [1.165, 1.54) is 8.99 Å². The van der Waals surface area contributed by atoms with Gasteiger partial charge in [-0.1, -0.05) is 24.6 Å². The molecule has 0 aliphatic carbocycles. The first kappa shape index (κ1) is 18.8. The first-order valence-corrected chi connectivity index (χ1v) is 10.3. The van der Waals surface area contributed by atoms with Crippen molar-refractivity contribution in [2.24, 2.45) is 5.92 Å². The van der Waals surface area contributed by atoms with Gasteiger partial charge in [-0.3, -0.25) is 4.79 Å². The van der Waals surface area contributed by atoms with E-state index in [-0.39, 0.29) is 10.8 Å². The zero-order chi connectivity index (χ0) is 19.1. The molecule has 1 saturated heterocycles. The van der Waals surface area contributed by atoms with Crippen LogP contribution in [0.2, 0.25) is 0 Å². The van der Waals surface area contributed by atoms with E-state index in [1.807, 2.05) is 19.1 Å². The molecule has 6 nitrogen and oxygen atoms in total. The van der Waals surface area contributed by atoms with Crippen molar-refractivity contribution in [1.82, 2.24) is 14.1 Å². The molecule has 1 aromatic carbocycles. The highest BCUT2D eigenvalue weighted by molar-refractivity contribution is 7.89. The van der Waals surface area contributed by atoms with Crippen molar-refractivity contribution in [2.75, 3.05) is 13.1 Å². The van der Waals surface area contributed by atoms with Crippen LogP contribution in [0.3, 0.4) is 0 Å². The Balaban J connectivity index is 1.98. The molecule has 26 heavy (non-hydrogen) atoms. The Bertz CT molecular complexity index is 922. The summed E-state index contributed by atoms with van der Waals surface area (Å²) in [6.07, 6.45) is 1.71. The highest BCUT2D eigenvalue weighted by atomic mass is 32.2. The van der Waals surface area contributed by atoms with Crippen LogP contribution in [0.5, 0.6) is 0 Å². The number of rotatable bonds is 3. The molecule has 1 aromatic heterocycles. The molecule has 0 bridgehead atoms. The van der Waals surface area contributed by atoms with Gasteiger partial charge in [0.15, 0.2) is 0 Å². The number of nitrogens with zero attached hydrogens (tertiary/aromatic N) is 3. The number of sulfonamides is 1. The number of hydrogen-bond donors (Lipinski definition) is 0. The first-order valence-electron chi connectivity index (χ1n) is 8.89. The predicted octanol–water partition coefficient (Wildman–Crippen LogP) is 2.92. The van der Waals surface area contributed by atoms with E-state index in [2.05, 4.69) is 12.0 Å². The lowest BCUT2D eigenvalue weighted by Crippen LogP contribution is -2.38. The normalized spacial score (nSPS) is 16.8. The van der Waals surface area contributed by atoms with Crippen molar-refractivity contribution in [3.63, 3.8) is 0 Å². The van der Waals surface area contributed by atoms with Gasteiger partial charge in [-0.15, -0.1) is 0 Å². The van der Waals surface area contributed by atoms with Crippen LogP contribution in [0.25, 0.3) is 0 Å². The molecule has 1 aliphatic rings. The summed E-state index contributed by atoms with van der Waals surface area (Å²) in [6, 6.07) is 7.17. The lowest BCUT2D eigenvalue weighted by Gasteiger charge is -2.29. The lowest BCUT2D eigenvalue weighted by atomic mass is 10.0. The average Bonchev–Trinajstić information content (AvgIpc) is 2.90. The van der Waals surface area contributed by atoms with Gasteiger partial charge in [-0.05, 0) is 51.7 Å². The van der Waals surface area contributed by atoms with E-state index in [0.29, 0.717) is 36.0 Å². The summed E-state index contributed by atoms with van der Waals surface area (Å²) in [5, 5.41) is 4.25. The van der Waals surface area contributed by atoms with Crippen LogP contribution in [0, 0.1) is 26.7 Å². The van der Waals surface area contributed by atoms with Crippen molar-refractivity contribution in [2.45, 2.75) is 45.4 Å². The maximum atomic E-state index is 13.1. The monoisotopic (exact) mass is 375 g/mol. The van der Waals surface area contributed by atoms with Crippen LogP contribution in [0.15, 0.2) is 29.2 Å². The van der Waals surface area contributed by atoms with Crippen molar-refractivity contribution in [3.8, 4) is 0 Å². The quantitative estimate of drug-likeness (QED) is 0.827. The van der Waals surface area contributed by atoms with Gasteiger partial charge in [0, 0.05) is 18.7 Å². The molecular formula is C19H25N3O3S. The topological polar surface area (TPSA) is 72.3 Å². The molecule has 0 amide bonds. The largest absolute Gasteiger partial charge is 0.278 e. The predicted molar refractivity (Wildman–Crippen MR) is 99.8 cm³/mol. The van der Waals surface area contributed by atoms with Crippen LogP contribution in [-0.4, -0.2) is 41.5 Å². The molecule has 1 aliphatic heterocycles. The Morgan fingerprint density at radius 2 is 1.65 bits per heavy atom. The highest BCUT2D eigenvalue weighted by Gasteiger charge is 2.33. The van der Waals surface area contributed by atoms with Gasteiger partial charge in [-0.25, -0.2) is 8.42 Å². The van der Waals surface area contributed by atoms with E-state index < -0.39 is 10.0 Å². The van der Waals surface area contributed by atoms with Crippen molar-refractivity contribution in [1.29, 1.82) is 0 Å². The molecule has 7 heteroatoms. The molecule has 0 spiro atoms. The summed E-state index contributed by atoms with van der Waals surface area (Å²) in [4.78, 5) is 12.9. The molecular weight excluding hydrogens is 350 g/mol. The fraction of sp³-hybridized carbons (Fsp3) is 0.474. The Morgan fingerprint density at radius 3 is 2.23 bits per heavy atom. The van der Waals surface area contributed by atoms with Crippen molar-refractivity contribution >= 4 is 15.9 Å². The SMILES string of the molecule is Cc1ccc(C(=O)n2nc(C)c(S(=O)(=O)N3CCC(C)CC3)c2C)cc1. The van der Waals surface area contributed by atoms with Crippen molar-refractivity contribution < 1.29 is 13.2 Å². The molecule has 1 fully saturated rings. The Kier molecular flexibility index (Phi) is 5.03. The molecule has 0 unspecified atom stereocenters. The van der Waals surface area contributed by atoms with Gasteiger partial charge < -0.3 is 0 Å². The van der Waals surface area contributed by atoms with Crippen LogP contribution in [-0.2, 0) is 10.0 Å². The summed E-state index contributed by atoms with van der Waals surface area (Å²) in [5.41, 5.74) is 2.27. The van der Waals surface area contributed by atoms with Gasteiger partial charge in [0.1, 0.15) is 4.90 Å². The maximum Gasteiger partial charge on any atom is 0.278 e. The third-order valence-corrected chi connectivity index (χ3v) is 7.21. The van der Waals surface area contributed by atoms with Gasteiger partial charge in [0.05, 0.1) is 11.4 Å². The van der Waals surface area contributed by atoms with Gasteiger partial charge >= 0.3 is 0 Å². The molecule has 3 rings (SSSR count). The number of benzene rings is 1. The molecule has 0 radical (unpaired) electrons. The molecule has 0 N–H and O–H groups in total. The second kappa shape index (κ2) is 6.96. The fourth-order valence-corrected chi connectivity index (χ4v) is 5.20. The summed E-state index contributed by atoms with van der Waals surface area (Å²) in [5.74, 6) is 0.216. The van der Waals surface area contributed by atoms with Crippen molar-refractivity contribution in [3.05, 3.63) is 46.8 Å². The summed E-state index contributed by atoms with van der Waals surface area (Å²) < 4.78 is 29.0. The zero-order valence-electron chi connectivity index (χ0n) is 15.7. The molecule has 2 aromatic rings. The minimum Gasteiger partial charge on any atom is -0.267 e. The molecule has 0 atom stereocenters. The van der Waals surface area contributed by atoms with Crippen LogP contribution < -0.4 is 0 Å². The minimum absolute atomic E-state index is 0.160. The van der Waals surface area contributed by atoms with E-state index in [0.717, 1.165) is 18.4 Å². The summed E-state index contributed by atoms with van der Waals surface area (Å²) in [7, 11) is -3.65. The summed E-state index contributed by atoms with van der Waals surface area (Å²) >= 11 is 0. The third kappa shape index (κ3) is 3.33. The number of aromatic nitrogens is 2. The van der Waals surface area contributed by atoms with Crippen LogP contribution in [0.1, 0.15) is 47.1 Å². The number of piperidine rings is 1. The minimum atomic E-state index is -3.65. The Morgan fingerprint density at radius 1 is 1.08 bits per heavy atom. The van der Waals surface area contributed by atoms with Gasteiger partial charge in [0.25, 0.3) is 5.91 Å². The average molecular weight is 375 g/mol. The second-order valence-corrected chi connectivity index (χ2v) is 9.04. The van der Waals surface area contributed by atoms with E-state index >= 15 is 0 Å². The van der Waals surface area contributed by atoms with E-state index in [4.69, 9.17) is 0 Å². The number of aryl methyl sites for hydroxylation is 2. The Labute approximate surface area is 154 Å². The summed E-state index contributed by atoms with van der Waals surface area (Å²) in [6.45, 7) is 8.40. The Hall–Kier alpha value is -1.99. The molecule has 2 heterocycles. The highest BCUT2D eigenvalue weighted by Crippen LogP contribution is 2.28. The third-order valence-electron chi connectivity index (χ3n) is 5.06. The lowest BCUT2D eigenvalue weighted by molar-refractivity contribution is 0.0942. The first-order chi connectivity index (χ1) is 12.2. The second-order valence-electron chi connectivity index (χ2n) is 7.17. The number of carbonyl (C=O) groups excluding carboxylic acids is 1. The molecule has 0 saturated carbocycles. The van der Waals surface area contributed by atoms with Crippen LogP contribution in [0.4, 0.5) is 0 Å². The standard InChI is InChI=1S/C19H25N3O3S/c1-13-5-7-17(8-6-13)19(23)22-16(4)18(15(3)20-22)26(24,25)21-11-9-14(2)10-12-21/h5-8,14H,9-12H2,1-4H3. The fourth-order valence-electron chi connectivity index (χ4n) is 3.37.